The van der Waals surface area contributed by atoms with Crippen LogP contribution in [0.5, 0.6) is 0 Å². The molecule has 0 spiro atoms. The molecule has 15 heteroatoms. The van der Waals surface area contributed by atoms with Gasteiger partial charge in [-0.1, -0.05) is 33.1 Å². The minimum atomic E-state index is -1.15. The molecule has 0 aromatic rings. The van der Waals surface area contributed by atoms with Crippen LogP contribution < -0.4 is 10.6 Å². The lowest BCUT2D eigenvalue weighted by molar-refractivity contribution is -0.160. The van der Waals surface area contributed by atoms with E-state index in [1.807, 2.05) is 0 Å². The van der Waals surface area contributed by atoms with Crippen LogP contribution in [0.25, 0.3) is 0 Å². The van der Waals surface area contributed by atoms with E-state index >= 15 is 0 Å². The van der Waals surface area contributed by atoms with E-state index in [1.165, 1.54) is 7.11 Å². The highest BCUT2D eigenvalue weighted by Gasteiger charge is 2.30. The lowest BCUT2D eigenvalue weighted by atomic mass is 9.97. The molecule has 2 amide bonds. The van der Waals surface area contributed by atoms with Crippen LogP contribution in [0.1, 0.15) is 98.8 Å². The molecule has 0 bridgehead atoms. The van der Waals surface area contributed by atoms with Gasteiger partial charge >= 0.3 is 23.9 Å². The van der Waals surface area contributed by atoms with Crippen LogP contribution in [0.15, 0.2) is 0 Å². The second-order valence-electron chi connectivity index (χ2n) is 12.9. The van der Waals surface area contributed by atoms with Gasteiger partial charge in [-0.15, -0.1) is 0 Å². The molecule has 0 fully saturated rings. The Morgan fingerprint density at radius 1 is 0.694 bits per heavy atom. The van der Waals surface area contributed by atoms with Gasteiger partial charge < -0.3 is 29.6 Å². The molecule has 49 heavy (non-hydrogen) atoms. The lowest BCUT2D eigenvalue weighted by Crippen LogP contribution is -2.44. The summed E-state index contributed by atoms with van der Waals surface area (Å²) in [7, 11) is 3.50. The molecule has 14 nitrogen and oxygen atoms in total. The summed E-state index contributed by atoms with van der Waals surface area (Å²) in [6.07, 6.45) is 3.35. The molecular weight excluding hydrogens is 660 g/mol. The van der Waals surface area contributed by atoms with Gasteiger partial charge in [0.2, 0.25) is 11.8 Å². The number of carbonyl (C=O) groups excluding carboxylic acids is 8. The Balaban J connectivity index is 5.46. The molecule has 0 aliphatic carbocycles. The zero-order valence-corrected chi connectivity index (χ0v) is 31.1. The molecule has 0 heterocycles. The number of nitrogens with one attached hydrogen (secondary N) is 2. The quantitative estimate of drug-likeness (QED) is 0.0795. The van der Waals surface area contributed by atoms with Gasteiger partial charge in [0.15, 0.2) is 0 Å². The highest BCUT2D eigenvalue weighted by Crippen LogP contribution is 2.22. The summed E-state index contributed by atoms with van der Waals surface area (Å²) >= 11 is 1.14. The maximum Gasteiger partial charge on any atom is 0.328 e. The van der Waals surface area contributed by atoms with Gasteiger partial charge in [0.25, 0.3) is 0 Å². The zero-order valence-electron chi connectivity index (χ0n) is 30.3. The zero-order chi connectivity index (χ0) is 37.6. The van der Waals surface area contributed by atoms with E-state index in [-0.39, 0.29) is 49.4 Å². The number of methoxy groups -OCH3 is 3. The summed E-state index contributed by atoms with van der Waals surface area (Å²) in [6, 6.07) is -1.15. The Kier molecular flexibility index (Phi) is 22.9. The van der Waals surface area contributed by atoms with Gasteiger partial charge in [-0.05, 0) is 33.6 Å². The molecule has 0 rings (SSSR count). The predicted molar refractivity (Wildman–Crippen MR) is 182 cm³/mol. The highest BCUT2D eigenvalue weighted by molar-refractivity contribution is 7.99. The smallest absolute Gasteiger partial charge is 0.328 e. The van der Waals surface area contributed by atoms with Gasteiger partial charge in [0.05, 0.1) is 39.6 Å². The largest absolute Gasteiger partial charge is 0.469 e. The lowest BCUT2D eigenvalue weighted by Gasteiger charge is -2.22. The van der Waals surface area contributed by atoms with Gasteiger partial charge in [-0.25, -0.2) is 4.79 Å². The second kappa shape index (κ2) is 24.6. The minimum Gasteiger partial charge on any atom is -0.469 e. The fraction of sp³-hybridized carbons (Fsp3) is 0.765. The third-order valence-electron chi connectivity index (χ3n) is 7.29. The van der Waals surface area contributed by atoms with Crippen molar-refractivity contribution in [3.63, 3.8) is 0 Å². The third kappa shape index (κ3) is 21.3. The summed E-state index contributed by atoms with van der Waals surface area (Å²) in [6.45, 7) is 8.33. The Morgan fingerprint density at radius 3 is 1.88 bits per heavy atom. The normalized spacial score (nSPS) is 13.6. The van der Waals surface area contributed by atoms with E-state index in [0.29, 0.717) is 6.42 Å². The first-order valence-electron chi connectivity index (χ1n) is 16.6. The van der Waals surface area contributed by atoms with Gasteiger partial charge in [0.1, 0.15) is 29.8 Å². The molecule has 2 N–H and O–H groups in total. The molecular formula is C34H56N2O12S. The van der Waals surface area contributed by atoms with Crippen LogP contribution in [-0.4, -0.2) is 98.3 Å². The number of carbonyl (C=O) groups is 8. The average Bonchev–Trinajstić information content (AvgIpc) is 3.04. The molecule has 280 valence electrons. The highest BCUT2D eigenvalue weighted by atomic mass is 32.2. The first kappa shape index (κ1) is 45.5. The van der Waals surface area contributed by atoms with Gasteiger partial charge in [-0.3, -0.25) is 33.6 Å². The number of Topliss-reactive ketones (excluding diaryl/α,β-unsaturated/α-hetero) is 2. The van der Waals surface area contributed by atoms with Gasteiger partial charge in [-0.2, -0.15) is 11.8 Å². The Hall–Kier alpha value is -3.49. The molecule has 0 aliphatic rings. The molecule has 0 aliphatic heterocycles. The number of hydrogen-bond donors (Lipinski definition) is 2. The van der Waals surface area contributed by atoms with Crippen LogP contribution in [0.4, 0.5) is 0 Å². The maximum absolute atomic E-state index is 13.1. The molecule has 0 aromatic carbocycles. The number of thioether (sulfide) groups is 1. The van der Waals surface area contributed by atoms with Crippen molar-refractivity contribution >= 4 is 59.0 Å². The molecule has 0 saturated carbocycles. The van der Waals surface area contributed by atoms with Crippen LogP contribution in [-0.2, 0) is 57.3 Å². The monoisotopic (exact) mass is 716 g/mol. The van der Waals surface area contributed by atoms with Crippen molar-refractivity contribution in [2.24, 2.45) is 17.8 Å². The van der Waals surface area contributed by atoms with Crippen LogP contribution >= 0.6 is 11.8 Å². The summed E-state index contributed by atoms with van der Waals surface area (Å²) in [5.74, 6) is -6.66. The summed E-state index contributed by atoms with van der Waals surface area (Å²) < 4.78 is 19.5. The Morgan fingerprint density at radius 2 is 1.31 bits per heavy atom. The first-order valence-corrected chi connectivity index (χ1v) is 17.8. The van der Waals surface area contributed by atoms with E-state index in [2.05, 4.69) is 22.3 Å². The molecule has 0 aromatic heterocycles. The summed E-state index contributed by atoms with van der Waals surface area (Å²) in [4.78, 5) is 100.0. The van der Waals surface area contributed by atoms with Crippen molar-refractivity contribution < 1.29 is 57.3 Å². The van der Waals surface area contributed by atoms with Crippen molar-refractivity contribution in [3.8, 4) is 0 Å². The number of unbranched alkanes of at least 4 members (excludes halogenated alkanes) is 3. The fourth-order valence-electron chi connectivity index (χ4n) is 4.59. The molecule has 0 unspecified atom stereocenters. The van der Waals surface area contributed by atoms with E-state index in [9.17, 15) is 38.4 Å². The minimum absolute atomic E-state index is 0.0272. The van der Waals surface area contributed by atoms with E-state index in [0.717, 1.165) is 51.7 Å². The number of rotatable bonds is 25. The third-order valence-corrected chi connectivity index (χ3v) is 8.57. The second-order valence-corrected chi connectivity index (χ2v) is 13.9. The molecule has 0 saturated heterocycles. The average molecular weight is 717 g/mol. The number of hydrogen-bond acceptors (Lipinski definition) is 13. The SMILES string of the molecule is CCCCCCC(=O)C[C@@H](C)C(=O)N[C@H](CCC(=O)C[C@H](CSC[C@H](CC(=O)OC(C)(C)C)C(=O)OC)C(=O)NCC(=O)OC)C(=O)OC. The Bertz CT molecular complexity index is 1120. The maximum atomic E-state index is 13.1. The first-order chi connectivity index (χ1) is 23.0. The van der Waals surface area contributed by atoms with Crippen molar-refractivity contribution in [2.45, 2.75) is 110 Å². The number of ether oxygens (including phenoxy) is 4. The summed E-state index contributed by atoms with van der Waals surface area (Å²) in [5.41, 5.74) is -0.755. The van der Waals surface area contributed by atoms with Crippen molar-refractivity contribution in [1.82, 2.24) is 10.6 Å². The predicted octanol–water partition coefficient (Wildman–Crippen LogP) is 3.11. The molecule has 4 atom stereocenters. The number of ketones is 2. The number of amides is 2. The number of esters is 4. The standard InChI is InChI=1S/C34H56N2O12S/c1-9-10-11-12-13-25(37)16-22(2)30(41)36-27(33(44)47-8)15-14-26(38)17-23(31(42)35-19-29(40)45-6)20-49-21-24(32(43)46-7)18-28(39)48-34(3,4)5/h22-24,27H,9-21H2,1-8H3,(H,35,42)(H,36,41)/t22-,23-,24+,27-/m1/s1. The van der Waals surface area contributed by atoms with Crippen LogP contribution in [0.2, 0.25) is 0 Å². The van der Waals surface area contributed by atoms with Crippen LogP contribution in [0, 0.1) is 17.8 Å². The van der Waals surface area contributed by atoms with E-state index in [1.54, 1.807) is 27.7 Å². The van der Waals surface area contributed by atoms with Crippen LogP contribution in [0.3, 0.4) is 0 Å². The Labute approximate surface area is 294 Å². The summed E-state index contributed by atoms with van der Waals surface area (Å²) in [5, 5.41) is 5.01. The molecule has 0 radical (unpaired) electrons. The van der Waals surface area contributed by atoms with E-state index < -0.39 is 77.4 Å². The van der Waals surface area contributed by atoms with Crippen molar-refractivity contribution in [3.05, 3.63) is 0 Å². The van der Waals surface area contributed by atoms with E-state index in [4.69, 9.17) is 14.2 Å². The van der Waals surface area contributed by atoms with Gasteiger partial charge in [0, 0.05) is 43.1 Å². The fourth-order valence-corrected chi connectivity index (χ4v) is 5.82. The topological polar surface area (TPSA) is 198 Å². The van der Waals surface area contributed by atoms with Crippen molar-refractivity contribution in [2.75, 3.05) is 39.4 Å². The van der Waals surface area contributed by atoms with Crippen molar-refractivity contribution in [1.29, 1.82) is 0 Å².